The van der Waals surface area contributed by atoms with E-state index in [1.54, 1.807) is 42.5 Å². The minimum atomic E-state index is -0.526. The molecule has 32 heavy (non-hydrogen) atoms. The predicted molar refractivity (Wildman–Crippen MR) is 126 cm³/mol. The Morgan fingerprint density at radius 1 is 1.19 bits per heavy atom. The van der Waals surface area contributed by atoms with Gasteiger partial charge in [0.2, 0.25) is 5.91 Å². The molecule has 1 fully saturated rings. The second kappa shape index (κ2) is 10.6. The van der Waals surface area contributed by atoms with E-state index >= 15 is 0 Å². The van der Waals surface area contributed by atoms with E-state index in [2.05, 4.69) is 5.32 Å². The van der Waals surface area contributed by atoms with Crippen LogP contribution in [0.25, 0.3) is 6.08 Å². The van der Waals surface area contributed by atoms with Crippen molar-refractivity contribution >= 4 is 52.2 Å². The van der Waals surface area contributed by atoms with Crippen molar-refractivity contribution in [2.75, 3.05) is 25.6 Å². The third-order valence-corrected chi connectivity index (χ3v) is 5.89. The first-order valence-electron chi connectivity index (χ1n) is 9.94. The summed E-state index contributed by atoms with van der Waals surface area (Å²) in [5, 5.41) is 2.66. The third-order valence-electron chi connectivity index (χ3n) is 4.58. The quantitative estimate of drug-likeness (QED) is 0.534. The first-order valence-corrected chi connectivity index (χ1v) is 11.1. The van der Waals surface area contributed by atoms with Gasteiger partial charge in [0.15, 0.2) is 11.5 Å². The molecule has 0 unspecified atom stereocenters. The highest BCUT2D eigenvalue weighted by Crippen LogP contribution is 2.34. The van der Waals surface area contributed by atoms with Crippen molar-refractivity contribution in [1.82, 2.24) is 4.90 Å². The van der Waals surface area contributed by atoms with Crippen molar-refractivity contribution in [3.63, 3.8) is 0 Å². The number of nitrogens with one attached hydrogen (secondary N) is 1. The number of rotatable bonds is 8. The van der Waals surface area contributed by atoms with E-state index in [0.29, 0.717) is 34.4 Å². The number of hydrogen-bond acceptors (Lipinski definition) is 6. The van der Waals surface area contributed by atoms with Gasteiger partial charge in [-0.3, -0.25) is 19.3 Å². The number of nitrogens with zero attached hydrogens (tertiary/aromatic N) is 1. The molecule has 1 aliphatic heterocycles. The topological polar surface area (TPSA) is 84.9 Å². The fourth-order valence-electron chi connectivity index (χ4n) is 2.91. The maximum atomic E-state index is 12.7. The lowest BCUT2D eigenvalue weighted by Gasteiger charge is -2.13. The zero-order valence-corrected chi connectivity index (χ0v) is 19.5. The average molecular weight is 475 g/mol. The molecule has 0 aromatic heterocycles. The minimum absolute atomic E-state index is 0.227. The lowest BCUT2D eigenvalue weighted by Crippen LogP contribution is -2.36. The molecule has 9 heteroatoms. The number of halogens is 1. The molecule has 2 aromatic rings. The van der Waals surface area contributed by atoms with Crippen LogP contribution in [-0.4, -0.2) is 42.2 Å². The largest absolute Gasteiger partial charge is 0.493 e. The van der Waals surface area contributed by atoms with Gasteiger partial charge in [-0.1, -0.05) is 30.7 Å². The molecule has 0 atom stereocenters. The Bertz CT molecular complexity index is 1090. The Hall–Kier alpha value is -2.97. The molecule has 1 heterocycles. The molecular weight excluding hydrogens is 452 g/mol. The average Bonchev–Trinajstić information content (AvgIpc) is 3.02. The van der Waals surface area contributed by atoms with E-state index in [4.69, 9.17) is 21.1 Å². The Morgan fingerprint density at radius 2 is 1.97 bits per heavy atom. The standard InChI is InChI=1S/C23H23ClN2O5S/c1-4-9-31-18-8-6-15(10-19(18)30-3)11-20-22(28)26(23(29)32-20)13-21(27)25-16-7-5-14(2)17(24)12-16/h5-8,10-12H,4,9,13H2,1-3H3,(H,25,27)/b20-11-. The Morgan fingerprint density at radius 3 is 2.66 bits per heavy atom. The van der Waals surface area contributed by atoms with Crippen molar-refractivity contribution in [2.24, 2.45) is 0 Å². The molecule has 3 rings (SSSR count). The van der Waals surface area contributed by atoms with Crippen LogP contribution in [0.1, 0.15) is 24.5 Å². The lowest BCUT2D eigenvalue weighted by molar-refractivity contribution is -0.127. The highest BCUT2D eigenvalue weighted by atomic mass is 35.5. The van der Waals surface area contributed by atoms with E-state index in [0.717, 1.165) is 28.6 Å². The number of imide groups is 1. The van der Waals surface area contributed by atoms with Crippen molar-refractivity contribution in [1.29, 1.82) is 0 Å². The number of benzene rings is 2. The molecule has 0 radical (unpaired) electrons. The monoisotopic (exact) mass is 474 g/mol. The van der Waals surface area contributed by atoms with Gasteiger partial charge in [0.1, 0.15) is 6.54 Å². The molecule has 1 aliphatic rings. The number of carbonyl (C=O) groups excluding carboxylic acids is 3. The fraction of sp³-hybridized carbons (Fsp3) is 0.261. The number of ether oxygens (including phenoxy) is 2. The van der Waals surface area contributed by atoms with E-state index in [1.807, 2.05) is 13.8 Å². The number of methoxy groups -OCH3 is 1. The highest BCUT2D eigenvalue weighted by Gasteiger charge is 2.36. The number of aryl methyl sites for hydroxylation is 1. The lowest BCUT2D eigenvalue weighted by atomic mass is 10.2. The molecule has 0 aliphatic carbocycles. The van der Waals surface area contributed by atoms with Crippen LogP contribution in [-0.2, 0) is 9.59 Å². The summed E-state index contributed by atoms with van der Waals surface area (Å²) in [6.07, 6.45) is 2.46. The molecule has 7 nitrogen and oxygen atoms in total. The molecule has 0 spiro atoms. The third kappa shape index (κ3) is 5.63. The summed E-state index contributed by atoms with van der Waals surface area (Å²) in [4.78, 5) is 38.6. The zero-order chi connectivity index (χ0) is 23.3. The van der Waals surface area contributed by atoms with Crippen LogP contribution >= 0.6 is 23.4 Å². The summed E-state index contributed by atoms with van der Waals surface area (Å²) >= 11 is 6.85. The number of carbonyl (C=O) groups is 3. The van der Waals surface area contributed by atoms with Crippen LogP contribution in [0.15, 0.2) is 41.3 Å². The summed E-state index contributed by atoms with van der Waals surface area (Å²) < 4.78 is 11.0. The van der Waals surface area contributed by atoms with E-state index in [1.165, 1.54) is 7.11 Å². The number of anilines is 1. The van der Waals surface area contributed by atoms with E-state index in [-0.39, 0.29) is 11.4 Å². The fourth-order valence-corrected chi connectivity index (χ4v) is 3.93. The first kappa shape index (κ1) is 23.7. The molecule has 1 N–H and O–H groups in total. The Labute approximate surface area is 195 Å². The van der Waals surface area contributed by atoms with Crippen LogP contribution in [0.5, 0.6) is 11.5 Å². The van der Waals surface area contributed by atoms with Gasteiger partial charge < -0.3 is 14.8 Å². The zero-order valence-electron chi connectivity index (χ0n) is 17.9. The maximum Gasteiger partial charge on any atom is 0.294 e. The van der Waals surface area contributed by atoms with E-state index in [9.17, 15) is 14.4 Å². The van der Waals surface area contributed by atoms with Crippen molar-refractivity contribution in [3.05, 3.63) is 57.5 Å². The van der Waals surface area contributed by atoms with Crippen molar-refractivity contribution in [3.8, 4) is 11.5 Å². The van der Waals surface area contributed by atoms with Crippen LogP contribution in [0.3, 0.4) is 0 Å². The summed E-state index contributed by atoms with van der Waals surface area (Å²) in [6, 6.07) is 10.3. The minimum Gasteiger partial charge on any atom is -0.493 e. The summed E-state index contributed by atoms with van der Waals surface area (Å²) in [7, 11) is 1.53. The number of amides is 3. The van der Waals surface area contributed by atoms with Crippen LogP contribution < -0.4 is 14.8 Å². The predicted octanol–water partition coefficient (Wildman–Crippen LogP) is 5.12. The SMILES string of the molecule is CCCOc1ccc(/C=C2\SC(=O)N(CC(=O)Nc3ccc(C)c(Cl)c3)C2=O)cc1OC. The maximum absolute atomic E-state index is 12.7. The summed E-state index contributed by atoms with van der Waals surface area (Å²) in [5.74, 6) is 0.116. The molecule has 2 aromatic carbocycles. The normalized spacial score (nSPS) is 14.8. The first-order chi connectivity index (χ1) is 15.3. The van der Waals surface area contributed by atoms with Crippen LogP contribution in [0, 0.1) is 6.92 Å². The Kier molecular flexibility index (Phi) is 7.82. The molecule has 0 saturated carbocycles. The summed E-state index contributed by atoms with van der Waals surface area (Å²) in [5.41, 5.74) is 2.04. The van der Waals surface area contributed by atoms with Crippen LogP contribution in [0.2, 0.25) is 5.02 Å². The Balaban J connectivity index is 1.70. The summed E-state index contributed by atoms with van der Waals surface area (Å²) in [6.45, 7) is 4.03. The van der Waals surface area contributed by atoms with Crippen LogP contribution in [0.4, 0.5) is 10.5 Å². The van der Waals surface area contributed by atoms with Gasteiger partial charge in [0.25, 0.3) is 11.1 Å². The van der Waals surface area contributed by atoms with Gasteiger partial charge in [-0.25, -0.2) is 0 Å². The number of thioether (sulfide) groups is 1. The molecular formula is C23H23ClN2O5S. The molecule has 0 bridgehead atoms. The van der Waals surface area contributed by atoms with Gasteiger partial charge in [0, 0.05) is 10.7 Å². The smallest absolute Gasteiger partial charge is 0.294 e. The highest BCUT2D eigenvalue weighted by molar-refractivity contribution is 8.18. The van der Waals surface area contributed by atoms with Gasteiger partial charge in [0.05, 0.1) is 18.6 Å². The molecule has 3 amide bonds. The second-order valence-electron chi connectivity index (χ2n) is 7.04. The van der Waals surface area contributed by atoms with Gasteiger partial charge >= 0.3 is 0 Å². The van der Waals surface area contributed by atoms with Crippen molar-refractivity contribution in [2.45, 2.75) is 20.3 Å². The van der Waals surface area contributed by atoms with Gasteiger partial charge in [-0.15, -0.1) is 0 Å². The van der Waals surface area contributed by atoms with Crippen molar-refractivity contribution < 1.29 is 23.9 Å². The van der Waals surface area contributed by atoms with Gasteiger partial charge in [-0.2, -0.15) is 0 Å². The second-order valence-corrected chi connectivity index (χ2v) is 8.44. The van der Waals surface area contributed by atoms with Gasteiger partial charge in [-0.05, 0) is 66.6 Å². The number of hydrogen-bond donors (Lipinski definition) is 1. The molecule has 168 valence electrons. The molecule has 1 saturated heterocycles. The van der Waals surface area contributed by atoms with E-state index < -0.39 is 17.1 Å².